The molecule has 2 aromatic heterocycles. The van der Waals surface area contributed by atoms with E-state index in [4.69, 9.17) is 15.2 Å². The van der Waals surface area contributed by atoms with Gasteiger partial charge in [-0.05, 0) is 62.4 Å². The van der Waals surface area contributed by atoms with E-state index in [0.29, 0.717) is 0 Å². The summed E-state index contributed by atoms with van der Waals surface area (Å²) in [5.74, 6) is -3.07. The van der Waals surface area contributed by atoms with Crippen molar-refractivity contribution in [2.24, 2.45) is 5.73 Å². The number of hydrogen-bond acceptors (Lipinski definition) is 7. The second kappa shape index (κ2) is 11.4. The molecule has 1 unspecified atom stereocenters. The number of carbonyl (C=O) groups is 2. The lowest BCUT2D eigenvalue weighted by Gasteiger charge is -2.31. The number of aryl methyl sites for hydroxylation is 1. The molecule has 5 rings (SSSR count). The van der Waals surface area contributed by atoms with Crippen molar-refractivity contribution in [1.29, 1.82) is 0 Å². The summed E-state index contributed by atoms with van der Waals surface area (Å²) in [5.41, 5.74) is -3.24. The minimum atomic E-state index is -5.49. The molecule has 2 aromatic carbocycles. The summed E-state index contributed by atoms with van der Waals surface area (Å²) < 4.78 is 109. The van der Waals surface area contributed by atoms with Gasteiger partial charge in [0, 0.05) is 22.1 Å². The van der Waals surface area contributed by atoms with Crippen LogP contribution in [0.5, 0.6) is 11.5 Å². The summed E-state index contributed by atoms with van der Waals surface area (Å²) in [6, 6.07) is 8.01. The van der Waals surface area contributed by atoms with Crippen molar-refractivity contribution >= 4 is 22.7 Å². The second-order valence-corrected chi connectivity index (χ2v) is 11.1. The summed E-state index contributed by atoms with van der Waals surface area (Å²) in [4.78, 5) is 33.5. The van der Waals surface area contributed by atoms with Crippen molar-refractivity contribution in [3.05, 3.63) is 82.4 Å². The lowest BCUT2D eigenvalue weighted by molar-refractivity contribution is -0.265. The van der Waals surface area contributed by atoms with Crippen LogP contribution in [-0.2, 0) is 22.0 Å². The molecule has 0 radical (unpaired) electrons. The van der Waals surface area contributed by atoms with Crippen LogP contribution in [0.2, 0.25) is 0 Å². The standard InChI is InChI=1S/C31H25F7N4O5/c1-14-19(30(33,34)35)9-16-8-17(10-21(46-3)23(16)41-14)26(43)40-12-29(45,31(36,37)38)22-11-20-25(47-13-28(20,2)27(39)44)24(42-22)15-4-6-18(32)7-5-15/h4-11,45H,12-13H2,1-3H3,(H2,39,44)(H,40,43)/t28-,29?/m0/s1. The number of ether oxygens (including phenoxy) is 2. The average molecular weight is 667 g/mol. The van der Waals surface area contributed by atoms with Crippen molar-refractivity contribution in [3.63, 3.8) is 0 Å². The summed E-state index contributed by atoms with van der Waals surface area (Å²) in [6.07, 6.45) is -10.3. The summed E-state index contributed by atoms with van der Waals surface area (Å²) in [7, 11) is 1.16. The lowest BCUT2D eigenvalue weighted by atomic mass is 9.81. The fourth-order valence-electron chi connectivity index (χ4n) is 5.17. The van der Waals surface area contributed by atoms with Gasteiger partial charge < -0.3 is 25.6 Å². The molecule has 248 valence electrons. The number of methoxy groups -OCH3 is 1. The molecule has 3 heterocycles. The molecule has 2 amide bonds. The van der Waals surface area contributed by atoms with Crippen LogP contribution in [0.15, 0.2) is 48.5 Å². The molecular formula is C31H25F7N4O5. The predicted molar refractivity (Wildman–Crippen MR) is 152 cm³/mol. The molecule has 4 N–H and O–H groups in total. The number of nitrogens with two attached hydrogens (primary N) is 1. The first-order valence-corrected chi connectivity index (χ1v) is 13.7. The van der Waals surface area contributed by atoms with Crippen LogP contribution in [0.4, 0.5) is 30.7 Å². The summed E-state index contributed by atoms with van der Waals surface area (Å²) in [5, 5.41) is 13.0. The van der Waals surface area contributed by atoms with Crippen LogP contribution in [0.1, 0.15) is 39.8 Å². The van der Waals surface area contributed by atoms with Crippen LogP contribution in [-0.4, -0.2) is 53.3 Å². The minimum Gasteiger partial charge on any atom is -0.494 e. The first kappa shape index (κ1) is 33.4. The van der Waals surface area contributed by atoms with E-state index >= 15 is 0 Å². The molecule has 0 bridgehead atoms. The minimum absolute atomic E-state index is 0.0308. The monoisotopic (exact) mass is 666 g/mol. The van der Waals surface area contributed by atoms with E-state index in [2.05, 4.69) is 9.97 Å². The third-order valence-corrected chi connectivity index (χ3v) is 7.99. The van der Waals surface area contributed by atoms with Gasteiger partial charge in [-0.3, -0.25) is 9.59 Å². The van der Waals surface area contributed by atoms with Crippen LogP contribution in [0.3, 0.4) is 0 Å². The number of fused-ring (bicyclic) bond motifs is 2. The van der Waals surface area contributed by atoms with Crippen LogP contribution in [0, 0.1) is 12.7 Å². The Kier molecular flexibility index (Phi) is 8.07. The number of rotatable bonds is 7. The Labute approximate surface area is 261 Å². The molecule has 1 aliphatic heterocycles. The smallest absolute Gasteiger partial charge is 0.424 e. The third kappa shape index (κ3) is 5.77. The number of amides is 2. The van der Waals surface area contributed by atoms with Gasteiger partial charge in [0.25, 0.3) is 5.91 Å². The zero-order valence-electron chi connectivity index (χ0n) is 24.7. The Bertz CT molecular complexity index is 1910. The number of nitrogens with zero attached hydrogens (tertiary/aromatic N) is 2. The van der Waals surface area contributed by atoms with Crippen molar-refractivity contribution in [2.75, 3.05) is 20.3 Å². The number of pyridine rings is 2. The molecule has 4 aromatic rings. The van der Waals surface area contributed by atoms with Gasteiger partial charge in [0.1, 0.15) is 40.5 Å². The van der Waals surface area contributed by atoms with E-state index in [1.165, 1.54) is 19.1 Å². The Morgan fingerprint density at radius 2 is 1.72 bits per heavy atom. The Hall–Kier alpha value is -4.99. The van der Waals surface area contributed by atoms with Gasteiger partial charge in [-0.15, -0.1) is 0 Å². The number of aliphatic hydroxyl groups is 1. The number of alkyl halides is 6. The topological polar surface area (TPSA) is 137 Å². The first-order valence-electron chi connectivity index (χ1n) is 13.7. The normalized spacial score (nSPS) is 17.5. The van der Waals surface area contributed by atoms with E-state index in [1.807, 2.05) is 5.32 Å². The maximum atomic E-state index is 14.7. The van der Waals surface area contributed by atoms with Crippen molar-refractivity contribution in [2.45, 2.75) is 37.2 Å². The van der Waals surface area contributed by atoms with E-state index in [1.54, 1.807) is 0 Å². The summed E-state index contributed by atoms with van der Waals surface area (Å²) in [6.45, 7) is 0.555. The molecule has 47 heavy (non-hydrogen) atoms. The molecule has 2 atom stereocenters. The Morgan fingerprint density at radius 3 is 2.30 bits per heavy atom. The molecule has 1 aliphatic rings. The first-order chi connectivity index (χ1) is 21.8. The number of benzene rings is 2. The molecule has 0 saturated carbocycles. The number of carbonyl (C=O) groups excluding carboxylic acids is 2. The maximum Gasteiger partial charge on any atom is 0.424 e. The van der Waals surface area contributed by atoms with Crippen LogP contribution < -0.4 is 20.5 Å². The molecular weight excluding hydrogens is 641 g/mol. The predicted octanol–water partition coefficient (Wildman–Crippen LogP) is 5.09. The second-order valence-electron chi connectivity index (χ2n) is 11.1. The quantitative estimate of drug-likeness (QED) is 0.234. The van der Waals surface area contributed by atoms with E-state index < -0.39 is 64.4 Å². The lowest BCUT2D eigenvalue weighted by Crippen LogP contribution is -2.51. The zero-order valence-corrected chi connectivity index (χ0v) is 24.7. The van der Waals surface area contributed by atoms with Crippen molar-refractivity contribution in [1.82, 2.24) is 15.3 Å². The SMILES string of the molecule is COc1cc(C(=O)NCC(O)(c2cc3c(c(-c4ccc(F)cc4)n2)OC[C@]3(C)C(N)=O)C(F)(F)F)cc2cc(C(F)(F)F)c(C)nc12. The van der Waals surface area contributed by atoms with Gasteiger partial charge in [-0.25, -0.2) is 14.4 Å². The van der Waals surface area contributed by atoms with Gasteiger partial charge in [0.15, 0.2) is 0 Å². The van der Waals surface area contributed by atoms with Gasteiger partial charge in [-0.2, -0.15) is 26.3 Å². The number of primary amides is 1. The van der Waals surface area contributed by atoms with Gasteiger partial charge in [0.2, 0.25) is 11.5 Å². The number of nitrogens with one attached hydrogen (secondary N) is 1. The fourth-order valence-corrected chi connectivity index (χ4v) is 5.17. The number of aromatic nitrogens is 2. The highest BCUT2D eigenvalue weighted by atomic mass is 19.4. The highest BCUT2D eigenvalue weighted by molar-refractivity contribution is 6.00. The average Bonchev–Trinajstić information content (AvgIpc) is 3.35. The Morgan fingerprint density at radius 1 is 1.06 bits per heavy atom. The van der Waals surface area contributed by atoms with Gasteiger partial charge >= 0.3 is 12.4 Å². The van der Waals surface area contributed by atoms with E-state index in [-0.39, 0.29) is 51.5 Å². The maximum absolute atomic E-state index is 14.7. The summed E-state index contributed by atoms with van der Waals surface area (Å²) >= 11 is 0. The number of hydrogen-bond donors (Lipinski definition) is 3. The van der Waals surface area contributed by atoms with Crippen LogP contribution >= 0.6 is 0 Å². The molecule has 9 nitrogen and oxygen atoms in total. The number of halogens is 7. The van der Waals surface area contributed by atoms with Crippen LogP contribution in [0.25, 0.3) is 22.2 Å². The van der Waals surface area contributed by atoms with E-state index in [0.717, 1.165) is 50.4 Å². The van der Waals surface area contributed by atoms with Crippen molar-refractivity contribution < 1.29 is 54.9 Å². The molecule has 0 spiro atoms. The van der Waals surface area contributed by atoms with Gasteiger partial charge in [-0.1, -0.05) is 0 Å². The third-order valence-electron chi connectivity index (χ3n) is 7.99. The molecule has 0 aliphatic carbocycles. The highest BCUT2D eigenvalue weighted by Gasteiger charge is 2.57. The van der Waals surface area contributed by atoms with E-state index in [9.17, 15) is 45.4 Å². The fraction of sp³-hybridized carbons (Fsp3) is 0.290. The Balaban J connectivity index is 1.59. The zero-order chi connectivity index (χ0) is 34.7. The largest absolute Gasteiger partial charge is 0.494 e. The highest BCUT2D eigenvalue weighted by Crippen LogP contribution is 2.48. The molecule has 0 saturated heterocycles. The van der Waals surface area contributed by atoms with Crippen molar-refractivity contribution in [3.8, 4) is 22.8 Å². The molecule has 0 fully saturated rings. The van der Waals surface area contributed by atoms with Gasteiger partial charge in [0.05, 0.1) is 30.6 Å². The molecule has 16 heteroatoms.